The number of carbonyl (C=O) groups is 1. The first-order valence-corrected chi connectivity index (χ1v) is 10.5. The first-order valence-electron chi connectivity index (χ1n) is 10.5. The fourth-order valence-electron chi connectivity index (χ4n) is 3.93. The van der Waals surface area contributed by atoms with Gasteiger partial charge < -0.3 is 10.1 Å². The van der Waals surface area contributed by atoms with Gasteiger partial charge in [0.25, 0.3) is 0 Å². The van der Waals surface area contributed by atoms with Crippen LogP contribution < -0.4 is 10.1 Å². The Morgan fingerprint density at radius 1 is 1.19 bits per heavy atom. The zero-order valence-electron chi connectivity index (χ0n) is 17.6. The summed E-state index contributed by atoms with van der Waals surface area (Å²) in [6.45, 7) is 0. The van der Waals surface area contributed by atoms with E-state index in [9.17, 15) is 4.79 Å². The van der Waals surface area contributed by atoms with E-state index in [1.54, 1.807) is 31.6 Å². The molecule has 0 aliphatic heterocycles. The molecule has 0 bridgehead atoms. The van der Waals surface area contributed by atoms with Gasteiger partial charge in [0.1, 0.15) is 5.52 Å². The fraction of sp³-hybridized carbons (Fsp3) is 0.208. The molecule has 8 nitrogen and oxygen atoms in total. The number of aryl methyl sites for hydroxylation is 1. The second-order valence-electron chi connectivity index (χ2n) is 7.63. The summed E-state index contributed by atoms with van der Waals surface area (Å²) in [5.41, 5.74) is 5.29. The molecular weight excluding hydrogens is 404 g/mol. The fourth-order valence-corrected chi connectivity index (χ4v) is 3.93. The number of aromatic nitrogens is 5. The highest BCUT2D eigenvalue weighted by Gasteiger charge is 2.23. The summed E-state index contributed by atoms with van der Waals surface area (Å²) in [6, 6.07) is 11.2. The molecule has 0 spiro atoms. The van der Waals surface area contributed by atoms with Crippen LogP contribution in [-0.4, -0.2) is 43.8 Å². The maximum absolute atomic E-state index is 12.4. The van der Waals surface area contributed by atoms with Gasteiger partial charge in [-0.2, -0.15) is 5.10 Å². The van der Waals surface area contributed by atoms with E-state index in [0.717, 1.165) is 52.9 Å². The summed E-state index contributed by atoms with van der Waals surface area (Å²) in [5.74, 6) is 0.415. The Bertz CT molecular complexity index is 1300. The van der Waals surface area contributed by atoms with Gasteiger partial charge in [-0.25, -0.2) is 9.67 Å². The number of amides is 1. The van der Waals surface area contributed by atoms with E-state index in [0.29, 0.717) is 5.88 Å². The van der Waals surface area contributed by atoms with Crippen LogP contribution in [0.3, 0.4) is 0 Å². The summed E-state index contributed by atoms with van der Waals surface area (Å²) in [5, 5.41) is 7.88. The SMILES string of the molecule is COc1ccc2nccc(-n3cc4c(n3)CCC(NC(=O)/C=C/c3ccccn3)C4)c2n1. The molecule has 0 saturated heterocycles. The van der Waals surface area contributed by atoms with Crippen molar-refractivity contribution in [3.8, 4) is 11.6 Å². The van der Waals surface area contributed by atoms with Gasteiger partial charge in [0.15, 0.2) is 0 Å². The molecule has 4 aromatic heterocycles. The monoisotopic (exact) mass is 426 g/mol. The van der Waals surface area contributed by atoms with Crippen LogP contribution >= 0.6 is 0 Å². The Balaban J connectivity index is 1.33. The minimum absolute atomic E-state index is 0.0634. The lowest BCUT2D eigenvalue weighted by Gasteiger charge is -2.21. The van der Waals surface area contributed by atoms with Gasteiger partial charge in [-0.15, -0.1) is 0 Å². The average Bonchev–Trinajstić information content (AvgIpc) is 3.26. The third-order valence-electron chi connectivity index (χ3n) is 5.51. The Labute approximate surface area is 185 Å². The maximum Gasteiger partial charge on any atom is 0.244 e. The van der Waals surface area contributed by atoms with Gasteiger partial charge in [-0.05, 0) is 55.2 Å². The van der Waals surface area contributed by atoms with Crippen molar-refractivity contribution in [3.63, 3.8) is 0 Å². The first-order chi connectivity index (χ1) is 15.7. The van der Waals surface area contributed by atoms with Crippen molar-refractivity contribution in [3.05, 3.63) is 78.0 Å². The number of ether oxygens (including phenoxy) is 1. The molecule has 1 amide bonds. The lowest BCUT2D eigenvalue weighted by atomic mass is 9.93. The number of rotatable bonds is 5. The Morgan fingerprint density at radius 2 is 2.12 bits per heavy atom. The van der Waals surface area contributed by atoms with E-state index in [-0.39, 0.29) is 11.9 Å². The third-order valence-corrected chi connectivity index (χ3v) is 5.51. The predicted molar refractivity (Wildman–Crippen MR) is 120 cm³/mol. The number of pyridine rings is 3. The number of hydrogen-bond donors (Lipinski definition) is 1. The van der Waals surface area contributed by atoms with Crippen molar-refractivity contribution in [2.75, 3.05) is 7.11 Å². The molecule has 32 heavy (non-hydrogen) atoms. The molecule has 0 radical (unpaired) electrons. The summed E-state index contributed by atoms with van der Waals surface area (Å²) in [4.78, 5) is 25.5. The number of fused-ring (bicyclic) bond motifs is 2. The maximum atomic E-state index is 12.4. The quantitative estimate of drug-likeness (QED) is 0.493. The number of carbonyl (C=O) groups excluding carboxylic acids is 1. The highest BCUT2D eigenvalue weighted by atomic mass is 16.5. The summed E-state index contributed by atoms with van der Waals surface area (Å²) >= 11 is 0. The molecule has 1 aliphatic carbocycles. The van der Waals surface area contributed by atoms with Crippen molar-refractivity contribution in [1.29, 1.82) is 0 Å². The molecular formula is C24H22N6O2. The van der Waals surface area contributed by atoms with E-state index < -0.39 is 0 Å². The normalized spacial score (nSPS) is 15.6. The smallest absolute Gasteiger partial charge is 0.244 e. The molecule has 160 valence electrons. The zero-order valence-corrected chi connectivity index (χ0v) is 17.6. The van der Waals surface area contributed by atoms with Crippen LogP contribution in [0.2, 0.25) is 0 Å². The van der Waals surface area contributed by atoms with Crippen LogP contribution in [0, 0.1) is 0 Å². The summed E-state index contributed by atoms with van der Waals surface area (Å²) in [7, 11) is 1.59. The van der Waals surface area contributed by atoms with Crippen LogP contribution in [0.1, 0.15) is 23.4 Å². The van der Waals surface area contributed by atoms with Crippen LogP contribution in [0.4, 0.5) is 0 Å². The molecule has 4 heterocycles. The van der Waals surface area contributed by atoms with Crippen molar-refractivity contribution in [2.45, 2.75) is 25.3 Å². The molecule has 4 aromatic rings. The molecule has 1 atom stereocenters. The van der Waals surface area contributed by atoms with E-state index >= 15 is 0 Å². The Morgan fingerprint density at radius 3 is 2.97 bits per heavy atom. The highest BCUT2D eigenvalue weighted by molar-refractivity contribution is 5.91. The molecule has 1 N–H and O–H groups in total. The number of methoxy groups -OCH3 is 1. The number of nitrogens with one attached hydrogen (secondary N) is 1. The molecule has 1 unspecified atom stereocenters. The number of hydrogen-bond acceptors (Lipinski definition) is 6. The van der Waals surface area contributed by atoms with Gasteiger partial charge in [-0.3, -0.25) is 14.8 Å². The molecule has 5 rings (SSSR count). The lowest BCUT2D eigenvalue weighted by molar-refractivity contribution is -0.117. The second-order valence-corrected chi connectivity index (χ2v) is 7.63. The Hall–Kier alpha value is -4.07. The topological polar surface area (TPSA) is 94.8 Å². The average molecular weight is 426 g/mol. The molecule has 0 saturated carbocycles. The lowest BCUT2D eigenvalue weighted by Crippen LogP contribution is -2.37. The molecule has 8 heteroatoms. The highest BCUT2D eigenvalue weighted by Crippen LogP contribution is 2.25. The standard InChI is InChI=1S/C24H22N6O2/c1-32-23-10-8-20-24(28-23)21(11-13-26-20)30-15-16-14-18(5-7-19(16)29-30)27-22(31)9-6-17-4-2-3-12-25-17/h2-4,6,8-13,15,18H,5,7,14H2,1H3,(H,27,31)/b9-6+. The third kappa shape index (κ3) is 4.07. The van der Waals surface area contributed by atoms with E-state index in [1.807, 2.05) is 41.2 Å². The minimum Gasteiger partial charge on any atom is -0.481 e. The van der Waals surface area contributed by atoms with Crippen molar-refractivity contribution >= 4 is 23.0 Å². The first kappa shape index (κ1) is 19.9. The van der Waals surface area contributed by atoms with Crippen molar-refractivity contribution in [1.82, 2.24) is 30.0 Å². The van der Waals surface area contributed by atoms with E-state index in [4.69, 9.17) is 9.84 Å². The van der Waals surface area contributed by atoms with Crippen LogP contribution in [-0.2, 0) is 17.6 Å². The minimum atomic E-state index is -0.118. The Kier molecular flexibility index (Phi) is 5.33. The summed E-state index contributed by atoms with van der Waals surface area (Å²) in [6.07, 6.45) is 11.1. The van der Waals surface area contributed by atoms with Crippen molar-refractivity contribution < 1.29 is 9.53 Å². The zero-order chi connectivity index (χ0) is 21.9. The van der Waals surface area contributed by atoms with Gasteiger partial charge in [-0.1, -0.05) is 6.07 Å². The van der Waals surface area contributed by atoms with Gasteiger partial charge in [0.05, 0.1) is 29.7 Å². The molecule has 0 fully saturated rings. The van der Waals surface area contributed by atoms with Gasteiger partial charge in [0.2, 0.25) is 11.8 Å². The number of nitrogens with zero attached hydrogens (tertiary/aromatic N) is 5. The predicted octanol–water partition coefficient (Wildman–Crippen LogP) is 2.91. The van der Waals surface area contributed by atoms with Gasteiger partial charge >= 0.3 is 0 Å². The molecule has 0 aromatic carbocycles. The van der Waals surface area contributed by atoms with Gasteiger partial charge in [0, 0.05) is 36.8 Å². The van der Waals surface area contributed by atoms with Crippen LogP contribution in [0.15, 0.2) is 61.1 Å². The molecule has 1 aliphatic rings. The van der Waals surface area contributed by atoms with E-state index in [2.05, 4.69) is 20.3 Å². The van der Waals surface area contributed by atoms with Crippen LogP contribution in [0.25, 0.3) is 22.8 Å². The van der Waals surface area contributed by atoms with E-state index in [1.165, 1.54) is 6.08 Å². The second kappa shape index (κ2) is 8.58. The largest absolute Gasteiger partial charge is 0.481 e. The van der Waals surface area contributed by atoms with Crippen LogP contribution in [0.5, 0.6) is 5.88 Å². The summed E-state index contributed by atoms with van der Waals surface area (Å²) < 4.78 is 7.13. The van der Waals surface area contributed by atoms with Crippen molar-refractivity contribution in [2.24, 2.45) is 0 Å².